The molecule has 3 rings (SSSR count). The summed E-state index contributed by atoms with van der Waals surface area (Å²) in [5.41, 5.74) is 3.85. The van der Waals surface area contributed by atoms with Gasteiger partial charge in [-0.25, -0.2) is 4.98 Å². The molecule has 0 spiro atoms. The third-order valence-corrected chi connectivity index (χ3v) is 3.87. The van der Waals surface area contributed by atoms with Gasteiger partial charge < -0.3 is 0 Å². The minimum Gasteiger partial charge on any atom is -0.245 e. The van der Waals surface area contributed by atoms with Gasteiger partial charge in [-0.05, 0) is 19.1 Å². The van der Waals surface area contributed by atoms with Gasteiger partial charge in [0.05, 0.1) is 5.02 Å². The van der Waals surface area contributed by atoms with E-state index in [9.17, 15) is 0 Å². The molecule has 2 aromatic heterocycles. The van der Waals surface area contributed by atoms with E-state index in [1.165, 1.54) is 0 Å². The maximum Gasteiger partial charge on any atom is 0.238 e. The monoisotopic (exact) mass is 269 g/mol. The van der Waals surface area contributed by atoms with Crippen molar-refractivity contribution in [2.45, 2.75) is 6.92 Å². The number of aryl methyl sites for hydroxylation is 2. The Morgan fingerprint density at radius 1 is 1.32 bits per heavy atom. The van der Waals surface area contributed by atoms with Crippen molar-refractivity contribution in [2.75, 3.05) is 0 Å². The maximum atomic E-state index is 6.48. The molecule has 0 bridgehead atoms. The Morgan fingerprint density at radius 3 is 2.84 bits per heavy atom. The minimum atomic E-state index is 0.725. The molecule has 0 amide bonds. The molecule has 3 aromatic rings. The van der Waals surface area contributed by atoms with E-state index in [1.807, 2.05) is 32.3 Å². The summed E-state index contributed by atoms with van der Waals surface area (Å²) in [5, 5.41) is 2.85. The summed E-state index contributed by atoms with van der Waals surface area (Å²) < 4.78 is 2.08. The summed E-state index contributed by atoms with van der Waals surface area (Å²) >= 11 is 6.48. The van der Waals surface area contributed by atoms with Crippen molar-refractivity contribution in [3.8, 4) is 0 Å². The molecule has 19 heavy (non-hydrogen) atoms. The fourth-order valence-corrected chi connectivity index (χ4v) is 2.88. The predicted octanol–water partition coefficient (Wildman–Crippen LogP) is 3.82. The van der Waals surface area contributed by atoms with Crippen molar-refractivity contribution in [3.05, 3.63) is 53.3 Å². The zero-order valence-electron chi connectivity index (χ0n) is 10.9. The van der Waals surface area contributed by atoms with E-state index >= 15 is 0 Å². The molecule has 0 aliphatic carbocycles. The van der Waals surface area contributed by atoms with Crippen molar-refractivity contribution in [2.24, 2.45) is 7.05 Å². The van der Waals surface area contributed by atoms with Crippen LogP contribution in [0.2, 0.25) is 5.02 Å². The largest absolute Gasteiger partial charge is 0.245 e. The van der Waals surface area contributed by atoms with Gasteiger partial charge in [0.25, 0.3) is 0 Å². The molecule has 2 nitrogen and oxygen atoms in total. The van der Waals surface area contributed by atoms with Crippen LogP contribution in [0.3, 0.4) is 0 Å². The van der Waals surface area contributed by atoms with Gasteiger partial charge >= 0.3 is 0 Å². The third-order valence-electron chi connectivity index (χ3n) is 3.47. The number of rotatable bonds is 1. The Morgan fingerprint density at radius 2 is 2.11 bits per heavy atom. The van der Waals surface area contributed by atoms with Crippen LogP contribution in [0.4, 0.5) is 0 Å². The molecule has 2 heterocycles. The lowest BCUT2D eigenvalue weighted by Gasteiger charge is -2.08. The second kappa shape index (κ2) is 4.32. The number of halogens is 1. The second-order valence-electron chi connectivity index (χ2n) is 4.65. The zero-order valence-corrected chi connectivity index (χ0v) is 11.7. The van der Waals surface area contributed by atoms with E-state index in [2.05, 4.69) is 23.3 Å². The highest BCUT2D eigenvalue weighted by Crippen LogP contribution is 2.31. The van der Waals surface area contributed by atoms with Gasteiger partial charge in [0, 0.05) is 28.1 Å². The van der Waals surface area contributed by atoms with Crippen LogP contribution in [0.15, 0.2) is 37.0 Å². The standard InChI is InChI=1S/C16H14ClN2/c1-4-12-10(2)18-15-13(14(12)17)8-7-11-6-5-9-19(3)16(11)15/h4-9H,1H2,2-3H3/q+1. The molecule has 0 radical (unpaired) electrons. The highest BCUT2D eigenvalue weighted by molar-refractivity contribution is 6.37. The van der Waals surface area contributed by atoms with Gasteiger partial charge in [-0.1, -0.05) is 30.3 Å². The van der Waals surface area contributed by atoms with Gasteiger partial charge in [0.2, 0.25) is 5.52 Å². The number of fused-ring (bicyclic) bond motifs is 3. The SMILES string of the molecule is C=Cc1c(C)nc2c(ccc3ccc[n+](C)c32)c1Cl. The first kappa shape index (κ1) is 12.1. The van der Waals surface area contributed by atoms with E-state index in [4.69, 9.17) is 16.6 Å². The van der Waals surface area contributed by atoms with Gasteiger partial charge in [0.15, 0.2) is 6.20 Å². The first-order valence-corrected chi connectivity index (χ1v) is 6.51. The Labute approximate surface area is 117 Å². The molecule has 0 N–H and O–H groups in total. The summed E-state index contributed by atoms with van der Waals surface area (Å²) in [6, 6.07) is 8.22. The number of aromatic nitrogens is 2. The summed E-state index contributed by atoms with van der Waals surface area (Å²) in [6.07, 6.45) is 3.79. The van der Waals surface area contributed by atoms with Crippen LogP contribution in [0, 0.1) is 6.92 Å². The minimum absolute atomic E-state index is 0.725. The van der Waals surface area contributed by atoms with Gasteiger partial charge in [-0.15, -0.1) is 0 Å². The van der Waals surface area contributed by atoms with Gasteiger partial charge in [0.1, 0.15) is 12.6 Å². The number of nitrogens with zero attached hydrogens (tertiary/aromatic N) is 2. The highest BCUT2D eigenvalue weighted by atomic mass is 35.5. The molecule has 0 saturated heterocycles. The molecule has 0 aliphatic heterocycles. The quantitative estimate of drug-likeness (QED) is 0.485. The zero-order chi connectivity index (χ0) is 13.6. The summed E-state index contributed by atoms with van der Waals surface area (Å²) in [7, 11) is 2.02. The average Bonchev–Trinajstić information content (AvgIpc) is 2.39. The van der Waals surface area contributed by atoms with Gasteiger partial charge in [-0.2, -0.15) is 4.57 Å². The lowest BCUT2D eigenvalue weighted by atomic mass is 10.1. The summed E-state index contributed by atoms with van der Waals surface area (Å²) in [5.74, 6) is 0. The lowest BCUT2D eigenvalue weighted by Crippen LogP contribution is -2.28. The molecular formula is C16H14ClN2+. The van der Waals surface area contributed by atoms with Crippen LogP contribution < -0.4 is 4.57 Å². The number of hydrogen-bond acceptors (Lipinski definition) is 1. The van der Waals surface area contributed by atoms with Crippen molar-refractivity contribution >= 4 is 39.5 Å². The predicted molar refractivity (Wildman–Crippen MR) is 80.3 cm³/mol. The first-order valence-electron chi connectivity index (χ1n) is 6.13. The van der Waals surface area contributed by atoms with Crippen molar-refractivity contribution in [1.82, 2.24) is 4.98 Å². The first-order chi connectivity index (χ1) is 9.13. The van der Waals surface area contributed by atoms with E-state index in [0.717, 1.165) is 38.1 Å². The average molecular weight is 270 g/mol. The number of pyridine rings is 2. The van der Waals surface area contributed by atoms with Crippen molar-refractivity contribution in [1.29, 1.82) is 0 Å². The number of benzene rings is 1. The van der Waals surface area contributed by atoms with Crippen LogP contribution in [0.1, 0.15) is 11.3 Å². The smallest absolute Gasteiger partial charge is 0.238 e. The van der Waals surface area contributed by atoms with Crippen LogP contribution in [0.25, 0.3) is 27.9 Å². The normalized spacial score (nSPS) is 11.1. The van der Waals surface area contributed by atoms with Crippen LogP contribution in [0.5, 0.6) is 0 Å². The summed E-state index contributed by atoms with van der Waals surface area (Å²) in [4.78, 5) is 4.72. The van der Waals surface area contributed by atoms with Crippen LogP contribution in [-0.2, 0) is 7.05 Å². The van der Waals surface area contributed by atoms with E-state index in [-0.39, 0.29) is 0 Å². The third kappa shape index (κ3) is 1.71. The Balaban J connectivity index is 2.60. The van der Waals surface area contributed by atoms with Crippen LogP contribution in [-0.4, -0.2) is 4.98 Å². The Kier molecular flexibility index (Phi) is 2.76. The highest BCUT2D eigenvalue weighted by Gasteiger charge is 2.15. The molecule has 0 aliphatic rings. The molecular weight excluding hydrogens is 256 g/mol. The molecule has 94 valence electrons. The molecule has 1 aromatic carbocycles. The molecule has 0 saturated carbocycles. The van der Waals surface area contributed by atoms with Crippen molar-refractivity contribution < 1.29 is 4.57 Å². The Bertz CT molecular complexity index is 822. The molecule has 0 fully saturated rings. The topological polar surface area (TPSA) is 16.8 Å². The fraction of sp³-hybridized carbons (Fsp3) is 0.125. The van der Waals surface area contributed by atoms with E-state index in [1.54, 1.807) is 6.08 Å². The van der Waals surface area contributed by atoms with E-state index in [0.29, 0.717) is 0 Å². The fourth-order valence-electron chi connectivity index (χ4n) is 2.51. The molecule has 3 heteroatoms. The Hall–Kier alpha value is -1.93. The van der Waals surface area contributed by atoms with Gasteiger partial charge in [-0.3, -0.25) is 0 Å². The van der Waals surface area contributed by atoms with E-state index < -0.39 is 0 Å². The van der Waals surface area contributed by atoms with Crippen molar-refractivity contribution in [3.63, 3.8) is 0 Å². The summed E-state index contributed by atoms with van der Waals surface area (Å²) in [6.45, 7) is 5.77. The lowest BCUT2D eigenvalue weighted by molar-refractivity contribution is -0.644. The van der Waals surface area contributed by atoms with Crippen LogP contribution >= 0.6 is 11.6 Å². The second-order valence-corrected chi connectivity index (χ2v) is 5.03. The maximum absolute atomic E-state index is 6.48. The molecule has 0 unspecified atom stereocenters. The number of hydrogen-bond donors (Lipinski definition) is 0. The molecule has 0 atom stereocenters.